The third-order valence-corrected chi connectivity index (χ3v) is 7.51. The normalized spacial score (nSPS) is 21.1. The lowest BCUT2D eigenvalue weighted by atomic mass is 10.1. The number of ketones is 1. The largest absolute Gasteiger partial charge is 0.611 e. The van der Waals surface area contributed by atoms with Crippen molar-refractivity contribution >= 4 is 29.0 Å². The number of likely N-dealkylation sites (tertiary alicyclic amines) is 2. The molecule has 0 saturated carbocycles. The number of hydrogen-bond donors (Lipinski definition) is 0. The van der Waals surface area contributed by atoms with Crippen LogP contribution in [0.5, 0.6) is 0 Å². The molecule has 2 aliphatic heterocycles. The fourth-order valence-electron chi connectivity index (χ4n) is 4.48. The van der Waals surface area contributed by atoms with Crippen LogP contribution in [0.4, 0.5) is 4.79 Å². The minimum atomic E-state index is -1.45. The summed E-state index contributed by atoms with van der Waals surface area (Å²) in [7, 11) is 0. The summed E-state index contributed by atoms with van der Waals surface area (Å²) in [5.41, 5.74) is 0.879. The highest BCUT2D eigenvalue weighted by atomic mass is 32.2. The molecule has 0 aromatic heterocycles. The van der Waals surface area contributed by atoms with Gasteiger partial charge in [0.15, 0.2) is 10.6 Å². The zero-order chi connectivity index (χ0) is 23.2. The summed E-state index contributed by atoms with van der Waals surface area (Å²) >= 11 is -1.45. The first kappa shape index (κ1) is 23.3. The van der Waals surface area contributed by atoms with Crippen LogP contribution in [-0.2, 0) is 32.1 Å². The highest BCUT2D eigenvalue weighted by Crippen LogP contribution is 2.26. The van der Waals surface area contributed by atoms with Crippen molar-refractivity contribution in [3.05, 3.63) is 66.2 Å². The van der Waals surface area contributed by atoms with E-state index in [0.717, 1.165) is 5.56 Å². The Balaban J connectivity index is 1.37. The van der Waals surface area contributed by atoms with E-state index in [1.807, 2.05) is 36.4 Å². The quantitative estimate of drug-likeness (QED) is 0.583. The Hall–Kier alpha value is -2.84. The van der Waals surface area contributed by atoms with Crippen LogP contribution < -0.4 is 0 Å². The van der Waals surface area contributed by atoms with Gasteiger partial charge in [0, 0.05) is 13.1 Å². The Bertz CT molecular complexity index is 971. The number of ether oxygens (including phenoxy) is 1. The number of Topliss-reactive ketones (excluding diaryl/α,β-unsaturated/α-hetero) is 1. The third-order valence-electron chi connectivity index (χ3n) is 6.16. The van der Waals surface area contributed by atoms with Gasteiger partial charge in [-0.1, -0.05) is 48.5 Å². The van der Waals surface area contributed by atoms with Crippen LogP contribution in [0.2, 0.25) is 0 Å². The molecule has 8 heteroatoms. The maximum absolute atomic E-state index is 13.4. The van der Waals surface area contributed by atoms with Crippen molar-refractivity contribution in [1.82, 2.24) is 9.80 Å². The zero-order valence-electron chi connectivity index (χ0n) is 18.4. The smallest absolute Gasteiger partial charge is 0.410 e. The number of rotatable bonds is 7. The molecule has 7 nitrogen and oxygen atoms in total. The van der Waals surface area contributed by atoms with E-state index in [-0.39, 0.29) is 24.1 Å². The zero-order valence-corrected chi connectivity index (χ0v) is 19.2. The summed E-state index contributed by atoms with van der Waals surface area (Å²) in [5.74, 6) is -0.531. The summed E-state index contributed by atoms with van der Waals surface area (Å²) in [6.07, 6.45) is 2.02. The molecule has 2 aliphatic rings. The van der Waals surface area contributed by atoms with Crippen molar-refractivity contribution in [2.45, 2.75) is 49.3 Å². The van der Waals surface area contributed by atoms with Gasteiger partial charge in [-0.25, -0.2) is 4.79 Å². The van der Waals surface area contributed by atoms with Crippen LogP contribution >= 0.6 is 0 Å². The molecular formula is C25H28N2O5S. The summed E-state index contributed by atoms with van der Waals surface area (Å²) in [4.78, 5) is 42.7. The van der Waals surface area contributed by atoms with E-state index >= 15 is 0 Å². The van der Waals surface area contributed by atoms with E-state index in [9.17, 15) is 18.9 Å². The average Bonchev–Trinajstić information content (AvgIpc) is 3.53. The van der Waals surface area contributed by atoms with E-state index < -0.39 is 29.4 Å². The standard InChI is InChI=1S/C25H28N2O5S/c28-23(18-33(31)20-11-5-2-6-12-20)21-13-7-15-26(21)24(29)22-14-8-16-27(22)25(30)32-17-19-9-3-1-4-10-19/h1-6,9-12,21-22H,7-8,13-18H2/t21-,22-,33-/m0/s1. The van der Waals surface area contributed by atoms with Gasteiger partial charge in [0.2, 0.25) is 11.7 Å². The number of amides is 2. The topological polar surface area (TPSA) is 90.0 Å². The number of carbonyl (C=O) groups excluding carboxylic acids is 3. The van der Waals surface area contributed by atoms with Crippen LogP contribution in [0.15, 0.2) is 65.6 Å². The predicted octanol–water partition coefficient (Wildman–Crippen LogP) is 3.16. The second-order valence-corrected chi connectivity index (χ2v) is 9.80. The molecular weight excluding hydrogens is 440 g/mol. The van der Waals surface area contributed by atoms with Crippen LogP contribution in [0, 0.1) is 0 Å². The summed E-state index contributed by atoms with van der Waals surface area (Å²) in [5, 5.41) is 0. The predicted molar refractivity (Wildman–Crippen MR) is 124 cm³/mol. The first-order valence-corrected chi connectivity index (χ1v) is 12.6. The molecule has 0 aliphatic carbocycles. The Morgan fingerprint density at radius 3 is 2.18 bits per heavy atom. The van der Waals surface area contributed by atoms with Crippen molar-refractivity contribution in [3.63, 3.8) is 0 Å². The number of hydrogen-bond acceptors (Lipinski definition) is 5. The number of benzene rings is 2. The van der Waals surface area contributed by atoms with E-state index in [2.05, 4.69) is 0 Å². The maximum atomic E-state index is 13.4. The molecule has 0 bridgehead atoms. The highest BCUT2D eigenvalue weighted by Gasteiger charge is 2.43. The number of nitrogens with zero attached hydrogens (tertiary/aromatic N) is 2. The Kier molecular flexibility index (Phi) is 7.67. The Morgan fingerprint density at radius 2 is 1.48 bits per heavy atom. The minimum Gasteiger partial charge on any atom is -0.611 e. The van der Waals surface area contributed by atoms with Crippen LogP contribution in [0.25, 0.3) is 0 Å². The van der Waals surface area contributed by atoms with E-state index in [4.69, 9.17) is 4.74 Å². The van der Waals surface area contributed by atoms with E-state index in [1.165, 1.54) is 4.90 Å². The Morgan fingerprint density at radius 1 is 0.879 bits per heavy atom. The lowest BCUT2D eigenvalue weighted by molar-refractivity contribution is -0.140. The van der Waals surface area contributed by atoms with Gasteiger partial charge >= 0.3 is 6.09 Å². The van der Waals surface area contributed by atoms with Gasteiger partial charge in [-0.3, -0.25) is 14.5 Å². The molecule has 0 radical (unpaired) electrons. The van der Waals surface area contributed by atoms with Crippen molar-refractivity contribution in [1.29, 1.82) is 0 Å². The fraction of sp³-hybridized carbons (Fsp3) is 0.400. The summed E-state index contributed by atoms with van der Waals surface area (Å²) in [6.45, 7) is 1.07. The maximum Gasteiger partial charge on any atom is 0.410 e. The molecule has 2 fully saturated rings. The molecule has 33 heavy (non-hydrogen) atoms. The van der Waals surface area contributed by atoms with Gasteiger partial charge in [0.05, 0.1) is 6.04 Å². The second-order valence-electron chi connectivity index (χ2n) is 8.35. The molecule has 4 rings (SSSR count). The lowest BCUT2D eigenvalue weighted by Crippen LogP contribution is -2.51. The van der Waals surface area contributed by atoms with Gasteiger partial charge in [0.25, 0.3) is 0 Å². The van der Waals surface area contributed by atoms with Crippen molar-refractivity contribution in [2.24, 2.45) is 0 Å². The molecule has 2 saturated heterocycles. The molecule has 2 heterocycles. The second kappa shape index (κ2) is 10.9. The molecule has 0 N–H and O–H groups in total. The van der Waals surface area contributed by atoms with E-state index in [1.54, 1.807) is 29.2 Å². The van der Waals surface area contributed by atoms with Crippen LogP contribution in [0.1, 0.15) is 31.2 Å². The molecule has 3 atom stereocenters. The van der Waals surface area contributed by atoms with Crippen molar-refractivity contribution < 1.29 is 23.7 Å². The monoisotopic (exact) mass is 468 g/mol. The molecule has 174 valence electrons. The first-order valence-electron chi connectivity index (χ1n) is 11.3. The van der Waals surface area contributed by atoms with Gasteiger partial charge in [-0.05, 0) is 54.6 Å². The van der Waals surface area contributed by atoms with Gasteiger partial charge < -0.3 is 14.2 Å². The van der Waals surface area contributed by atoms with Gasteiger partial charge in [0.1, 0.15) is 12.6 Å². The van der Waals surface area contributed by atoms with Crippen molar-refractivity contribution in [2.75, 3.05) is 18.8 Å². The lowest BCUT2D eigenvalue weighted by Gasteiger charge is -2.30. The Labute approximate surface area is 196 Å². The minimum absolute atomic E-state index is 0.119. The average molecular weight is 469 g/mol. The van der Waals surface area contributed by atoms with Gasteiger partial charge in [-0.2, -0.15) is 0 Å². The third kappa shape index (κ3) is 5.57. The molecule has 0 unspecified atom stereocenters. The fourth-order valence-corrected chi connectivity index (χ4v) is 5.56. The molecule has 0 spiro atoms. The van der Waals surface area contributed by atoms with E-state index in [0.29, 0.717) is 43.7 Å². The number of carbonyl (C=O) groups is 3. The summed E-state index contributed by atoms with van der Waals surface area (Å²) < 4.78 is 18.0. The summed E-state index contributed by atoms with van der Waals surface area (Å²) in [6, 6.07) is 17.1. The first-order chi connectivity index (χ1) is 16.0. The highest BCUT2D eigenvalue weighted by molar-refractivity contribution is 7.92. The van der Waals surface area contributed by atoms with Crippen LogP contribution in [0.3, 0.4) is 0 Å². The van der Waals surface area contributed by atoms with Crippen molar-refractivity contribution in [3.8, 4) is 0 Å². The van der Waals surface area contributed by atoms with Gasteiger partial charge in [-0.15, -0.1) is 0 Å². The molecule has 2 aromatic rings. The molecule has 2 amide bonds. The SMILES string of the molecule is O=C(C[S@+]([O-])c1ccccc1)[C@@H]1CCCN1C(=O)[C@@H]1CCCN1C(=O)OCc1ccccc1. The van der Waals surface area contributed by atoms with Crippen LogP contribution in [-0.4, -0.2) is 63.1 Å². The molecule has 2 aromatic carbocycles.